The van der Waals surface area contributed by atoms with E-state index in [4.69, 9.17) is 4.74 Å². The first-order valence-corrected chi connectivity index (χ1v) is 9.56. The Bertz CT molecular complexity index is 751. The molecule has 1 aliphatic heterocycles. The number of carbonyl (C=O) groups is 1. The van der Waals surface area contributed by atoms with E-state index in [0.29, 0.717) is 12.3 Å². The van der Waals surface area contributed by atoms with Crippen LogP contribution in [0.5, 0.6) is 5.75 Å². The minimum absolute atomic E-state index is 0.225. The number of aryl methyl sites for hydroxylation is 1. The van der Waals surface area contributed by atoms with E-state index in [0.717, 1.165) is 55.3 Å². The fourth-order valence-electron chi connectivity index (χ4n) is 3.63. The van der Waals surface area contributed by atoms with Crippen LogP contribution in [0.3, 0.4) is 0 Å². The number of aromatic nitrogens is 3. The zero-order valence-electron chi connectivity index (χ0n) is 15.3. The Balaban J connectivity index is 1.31. The molecule has 2 fully saturated rings. The quantitative estimate of drug-likeness (QED) is 0.865. The average molecular weight is 354 g/mol. The van der Waals surface area contributed by atoms with Gasteiger partial charge in [0.1, 0.15) is 11.6 Å². The van der Waals surface area contributed by atoms with Crippen LogP contribution in [0.25, 0.3) is 0 Å². The van der Waals surface area contributed by atoms with Gasteiger partial charge in [-0.05, 0) is 49.8 Å². The molecule has 1 aliphatic carbocycles. The summed E-state index contributed by atoms with van der Waals surface area (Å²) in [6.07, 6.45) is 5.82. The van der Waals surface area contributed by atoms with Gasteiger partial charge in [0, 0.05) is 31.3 Å². The van der Waals surface area contributed by atoms with Crippen LogP contribution in [0, 0.1) is 0 Å². The number of methoxy groups -OCH3 is 1. The second-order valence-electron chi connectivity index (χ2n) is 7.38. The third-order valence-electron chi connectivity index (χ3n) is 5.41. The van der Waals surface area contributed by atoms with Crippen molar-refractivity contribution in [2.24, 2.45) is 0 Å². The molecule has 2 aromatic rings. The number of likely N-dealkylation sites (tertiary alicyclic amines) is 1. The first-order valence-electron chi connectivity index (χ1n) is 9.56. The molecule has 6 heteroatoms. The molecule has 0 radical (unpaired) electrons. The van der Waals surface area contributed by atoms with E-state index in [1.807, 2.05) is 29.2 Å². The zero-order chi connectivity index (χ0) is 17.9. The number of carbonyl (C=O) groups excluding carboxylic acids is 1. The van der Waals surface area contributed by atoms with Gasteiger partial charge in [0.05, 0.1) is 7.11 Å². The van der Waals surface area contributed by atoms with Crippen molar-refractivity contribution >= 4 is 5.91 Å². The molecule has 1 atom stereocenters. The Morgan fingerprint density at radius 2 is 2.04 bits per heavy atom. The van der Waals surface area contributed by atoms with E-state index in [1.165, 1.54) is 12.8 Å². The molecule has 4 rings (SSSR count). The van der Waals surface area contributed by atoms with Crippen molar-refractivity contribution in [1.29, 1.82) is 0 Å². The normalized spacial score (nSPS) is 20.2. The summed E-state index contributed by atoms with van der Waals surface area (Å²) in [7, 11) is 1.66. The minimum atomic E-state index is 0.225. The average Bonchev–Trinajstić information content (AvgIpc) is 3.43. The van der Waals surface area contributed by atoms with Gasteiger partial charge in [0.2, 0.25) is 5.91 Å². The van der Waals surface area contributed by atoms with Crippen molar-refractivity contribution in [3.8, 4) is 5.75 Å². The third-order valence-corrected chi connectivity index (χ3v) is 5.41. The number of hydrogen-bond acceptors (Lipinski definition) is 4. The maximum Gasteiger partial charge on any atom is 0.222 e. The minimum Gasteiger partial charge on any atom is -0.497 e. The first kappa shape index (κ1) is 17.1. The maximum absolute atomic E-state index is 12.6. The van der Waals surface area contributed by atoms with Crippen molar-refractivity contribution in [2.75, 3.05) is 20.2 Å². The summed E-state index contributed by atoms with van der Waals surface area (Å²) in [6, 6.07) is 7.94. The number of nitrogens with zero attached hydrogens (tertiary/aromatic N) is 3. The number of nitrogens with one attached hydrogen (secondary N) is 1. The standard InChI is InChI=1S/C20H26N4O2/c1-26-17-9-4-14(5-10-17)6-11-18(25)24-12-2-3-16(13-24)20-21-19(22-23-20)15-7-8-15/h4-5,9-10,15-16H,2-3,6-8,11-13H2,1H3,(H,21,22,23)/t16-/m1/s1. The lowest BCUT2D eigenvalue weighted by molar-refractivity contribution is -0.132. The second kappa shape index (κ2) is 7.48. The highest BCUT2D eigenvalue weighted by atomic mass is 16.5. The predicted octanol–water partition coefficient (Wildman–Crippen LogP) is 3.03. The van der Waals surface area contributed by atoms with E-state index < -0.39 is 0 Å². The number of hydrogen-bond donors (Lipinski definition) is 1. The van der Waals surface area contributed by atoms with Crippen LogP contribution in [0.4, 0.5) is 0 Å². The van der Waals surface area contributed by atoms with E-state index in [1.54, 1.807) is 7.11 Å². The molecule has 0 spiro atoms. The molecule has 1 aromatic carbocycles. The van der Waals surface area contributed by atoms with Gasteiger partial charge in [-0.15, -0.1) is 0 Å². The highest BCUT2D eigenvalue weighted by Gasteiger charge is 2.31. The fourth-order valence-corrected chi connectivity index (χ4v) is 3.63. The number of aromatic amines is 1. The molecule has 1 aromatic heterocycles. The number of amides is 1. The molecule has 1 saturated carbocycles. The van der Waals surface area contributed by atoms with E-state index in [-0.39, 0.29) is 11.8 Å². The van der Waals surface area contributed by atoms with Gasteiger partial charge in [-0.1, -0.05) is 12.1 Å². The SMILES string of the molecule is COc1ccc(CCC(=O)N2CCC[C@@H](c3n[nH]c(C4CC4)n3)C2)cc1. The van der Waals surface area contributed by atoms with Crippen molar-refractivity contribution in [3.63, 3.8) is 0 Å². The van der Waals surface area contributed by atoms with Crippen LogP contribution in [0.1, 0.15) is 61.2 Å². The molecular formula is C20H26N4O2. The maximum atomic E-state index is 12.6. The van der Waals surface area contributed by atoms with Crippen LogP contribution in [-0.2, 0) is 11.2 Å². The van der Waals surface area contributed by atoms with Crippen LogP contribution >= 0.6 is 0 Å². The van der Waals surface area contributed by atoms with Gasteiger partial charge in [-0.3, -0.25) is 9.89 Å². The Morgan fingerprint density at radius 1 is 1.23 bits per heavy atom. The number of benzene rings is 1. The number of H-pyrrole nitrogens is 1. The largest absolute Gasteiger partial charge is 0.497 e. The highest BCUT2D eigenvalue weighted by molar-refractivity contribution is 5.76. The summed E-state index contributed by atoms with van der Waals surface area (Å²) in [5, 5.41) is 7.51. The summed E-state index contributed by atoms with van der Waals surface area (Å²) in [5.74, 6) is 3.83. The van der Waals surface area contributed by atoms with Crippen LogP contribution in [0.2, 0.25) is 0 Å². The number of piperidine rings is 1. The molecule has 2 aliphatic rings. The smallest absolute Gasteiger partial charge is 0.222 e. The molecule has 0 bridgehead atoms. The molecule has 0 unspecified atom stereocenters. The molecule has 1 amide bonds. The molecule has 1 N–H and O–H groups in total. The topological polar surface area (TPSA) is 71.1 Å². The van der Waals surface area contributed by atoms with E-state index in [2.05, 4.69) is 15.2 Å². The van der Waals surface area contributed by atoms with Gasteiger partial charge >= 0.3 is 0 Å². The van der Waals surface area contributed by atoms with Crippen LogP contribution in [0.15, 0.2) is 24.3 Å². The van der Waals surface area contributed by atoms with Crippen molar-refractivity contribution < 1.29 is 9.53 Å². The van der Waals surface area contributed by atoms with Crippen molar-refractivity contribution in [1.82, 2.24) is 20.1 Å². The lowest BCUT2D eigenvalue weighted by Crippen LogP contribution is -2.39. The van der Waals surface area contributed by atoms with Gasteiger partial charge in [0.15, 0.2) is 5.82 Å². The van der Waals surface area contributed by atoms with E-state index >= 15 is 0 Å². The van der Waals surface area contributed by atoms with E-state index in [9.17, 15) is 4.79 Å². The summed E-state index contributed by atoms with van der Waals surface area (Å²) in [5.41, 5.74) is 1.16. The van der Waals surface area contributed by atoms with Crippen LogP contribution < -0.4 is 4.74 Å². The number of ether oxygens (including phenoxy) is 1. The molecular weight excluding hydrogens is 328 g/mol. The van der Waals surface area contributed by atoms with Gasteiger partial charge in [-0.25, -0.2) is 4.98 Å². The first-order chi connectivity index (χ1) is 12.7. The Morgan fingerprint density at radius 3 is 2.77 bits per heavy atom. The van der Waals surface area contributed by atoms with Gasteiger partial charge < -0.3 is 9.64 Å². The Labute approximate surface area is 154 Å². The lowest BCUT2D eigenvalue weighted by atomic mass is 9.96. The molecule has 2 heterocycles. The predicted molar refractivity (Wildman–Crippen MR) is 98.2 cm³/mol. The third kappa shape index (κ3) is 3.89. The molecule has 1 saturated heterocycles. The monoisotopic (exact) mass is 354 g/mol. The molecule has 6 nitrogen and oxygen atoms in total. The van der Waals surface area contributed by atoms with Gasteiger partial charge in [-0.2, -0.15) is 5.10 Å². The van der Waals surface area contributed by atoms with Crippen LogP contribution in [-0.4, -0.2) is 46.2 Å². The summed E-state index contributed by atoms with van der Waals surface area (Å²) < 4.78 is 5.17. The summed E-state index contributed by atoms with van der Waals surface area (Å²) in [4.78, 5) is 19.3. The second-order valence-corrected chi connectivity index (χ2v) is 7.38. The van der Waals surface area contributed by atoms with Crippen molar-refractivity contribution in [3.05, 3.63) is 41.5 Å². The molecule has 138 valence electrons. The van der Waals surface area contributed by atoms with Crippen molar-refractivity contribution in [2.45, 2.75) is 50.4 Å². The Hall–Kier alpha value is -2.37. The number of rotatable bonds is 6. The molecule has 26 heavy (non-hydrogen) atoms. The highest BCUT2D eigenvalue weighted by Crippen LogP contribution is 2.38. The fraction of sp³-hybridized carbons (Fsp3) is 0.550. The summed E-state index contributed by atoms with van der Waals surface area (Å²) >= 11 is 0. The lowest BCUT2D eigenvalue weighted by Gasteiger charge is -2.31. The van der Waals surface area contributed by atoms with Gasteiger partial charge in [0.25, 0.3) is 0 Å². The Kier molecular flexibility index (Phi) is 4.91. The summed E-state index contributed by atoms with van der Waals surface area (Å²) in [6.45, 7) is 1.58. The zero-order valence-corrected chi connectivity index (χ0v) is 15.3.